The van der Waals surface area contributed by atoms with E-state index in [9.17, 15) is 18.0 Å². The number of aromatic nitrogens is 4. The molecule has 0 unspecified atom stereocenters. The summed E-state index contributed by atoms with van der Waals surface area (Å²) in [6.45, 7) is 7.69. The van der Waals surface area contributed by atoms with E-state index in [1.807, 2.05) is 6.92 Å². The molecule has 1 aromatic carbocycles. The lowest BCUT2D eigenvalue weighted by atomic mass is 10.1. The van der Waals surface area contributed by atoms with Crippen LogP contribution in [0.1, 0.15) is 40.3 Å². The average Bonchev–Trinajstić information content (AvgIpc) is 3.10. The van der Waals surface area contributed by atoms with Crippen molar-refractivity contribution in [2.24, 2.45) is 0 Å². The van der Waals surface area contributed by atoms with E-state index in [1.165, 1.54) is 6.07 Å². The van der Waals surface area contributed by atoms with Gasteiger partial charge in [-0.25, -0.2) is 0 Å². The summed E-state index contributed by atoms with van der Waals surface area (Å²) in [5.41, 5.74) is 3.09. The molecular weight excluding hydrogens is 431 g/mol. The zero-order chi connectivity index (χ0) is 22.9. The van der Waals surface area contributed by atoms with Gasteiger partial charge in [0, 0.05) is 6.42 Å². The fourth-order valence-corrected chi connectivity index (χ4v) is 3.49. The highest BCUT2D eigenvalue weighted by atomic mass is 35.5. The number of nitrogens with one attached hydrogen (secondary N) is 1. The lowest BCUT2D eigenvalue weighted by Crippen LogP contribution is -2.16. The van der Waals surface area contributed by atoms with Crippen LogP contribution in [-0.4, -0.2) is 25.5 Å². The summed E-state index contributed by atoms with van der Waals surface area (Å²) in [7, 11) is 0. The van der Waals surface area contributed by atoms with Crippen molar-refractivity contribution >= 4 is 23.2 Å². The Hall–Kier alpha value is -2.81. The Labute approximate surface area is 183 Å². The molecule has 0 bridgehead atoms. The van der Waals surface area contributed by atoms with Crippen LogP contribution in [0, 0.1) is 27.7 Å². The molecule has 166 valence electrons. The van der Waals surface area contributed by atoms with E-state index in [0.29, 0.717) is 39.9 Å². The van der Waals surface area contributed by atoms with Crippen LogP contribution in [-0.2, 0) is 24.1 Å². The first-order valence-corrected chi connectivity index (χ1v) is 10.0. The first kappa shape index (κ1) is 22.9. The molecule has 31 heavy (non-hydrogen) atoms. The van der Waals surface area contributed by atoms with Crippen molar-refractivity contribution in [1.82, 2.24) is 19.6 Å². The lowest BCUT2D eigenvalue weighted by molar-refractivity contribution is -0.137. The summed E-state index contributed by atoms with van der Waals surface area (Å²) < 4.78 is 42.1. The van der Waals surface area contributed by atoms with E-state index in [2.05, 4.69) is 15.5 Å². The number of carbonyl (C=O) groups is 1. The largest absolute Gasteiger partial charge is 0.416 e. The van der Waals surface area contributed by atoms with E-state index in [-0.39, 0.29) is 18.9 Å². The Bertz CT molecular complexity index is 1120. The molecule has 0 radical (unpaired) electrons. The van der Waals surface area contributed by atoms with Gasteiger partial charge < -0.3 is 5.32 Å². The molecule has 2 aromatic heterocycles. The Morgan fingerprint density at radius 2 is 1.74 bits per heavy atom. The van der Waals surface area contributed by atoms with Gasteiger partial charge in [-0.3, -0.25) is 14.2 Å². The molecule has 6 nitrogen and oxygen atoms in total. The van der Waals surface area contributed by atoms with Crippen molar-refractivity contribution in [3.63, 3.8) is 0 Å². The Kier molecular flexibility index (Phi) is 6.45. The van der Waals surface area contributed by atoms with Crippen LogP contribution in [0.5, 0.6) is 0 Å². The minimum absolute atomic E-state index is 0.163. The average molecular weight is 454 g/mol. The first-order valence-electron chi connectivity index (χ1n) is 9.67. The second kappa shape index (κ2) is 8.74. The van der Waals surface area contributed by atoms with Gasteiger partial charge in [0.05, 0.1) is 52.1 Å². The number of alkyl halides is 3. The van der Waals surface area contributed by atoms with Gasteiger partial charge in [-0.1, -0.05) is 23.7 Å². The Morgan fingerprint density at radius 3 is 2.35 bits per heavy atom. The summed E-state index contributed by atoms with van der Waals surface area (Å²) in [5, 5.41) is 12.1. The van der Waals surface area contributed by atoms with E-state index in [0.717, 1.165) is 17.8 Å². The molecule has 0 saturated heterocycles. The third-order valence-electron chi connectivity index (χ3n) is 5.08. The number of anilines is 1. The van der Waals surface area contributed by atoms with Crippen LogP contribution in [0.2, 0.25) is 5.02 Å². The molecule has 1 amide bonds. The maximum absolute atomic E-state index is 13.0. The number of aryl methyl sites for hydroxylation is 3. The van der Waals surface area contributed by atoms with Gasteiger partial charge in [-0.2, -0.15) is 23.4 Å². The number of hydrogen-bond donors (Lipinski definition) is 1. The topological polar surface area (TPSA) is 64.7 Å². The fourth-order valence-electron chi connectivity index (χ4n) is 3.35. The molecule has 3 aromatic rings. The van der Waals surface area contributed by atoms with Gasteiger partial charge in [-0.15, -0.1) is 0 Å². The van der Waals surface area contributed by atoms with Crippen LogP contribution in [0.4, 0.5) is 18.9 Å². The van der Waals surface area contributed by atoms with Crippen LogP contribution in [0.15, 0.2) is 24.3 Å². The summed E-state index contributed by atoms with van der Waals surface area (Å²) in [6.07, 6.45) is -4.21. The summed E-state index contributed by atoms with van der Waals surface area (Å²) >= 11 is 6.13. The number of nitrogens with zero attached hydrogens (tertiary/aromatic N) is 4. The predicted molar refractivity (Wildman–Crippen MR) is 112 cm³/mol. The minimum atomic E-state index is -4.40. The highest BCUT2D eigenvalue weighted by Crippen LogP contribution is 2.30. The number of rotatable bonds is 6. The second-order valence-corrected chi connectivity index (χ2v) is 7.79. The van der Waals surface area contributed by atoms with Gasteiger partial charge >= 0.3 is 6.18 Å². The Balaban J connectivity index is 1.70. The number of halogens is 4. The van der Waals surface area contributed by atoms with Crippen molar-refractivity contribution in [1.29, 1.82) is 0 Å². The normalized spacial score (nSPS) is 11.7. The first-order chi connectivity index (χ1) is 14.5. The highest BCUT2D eigenvalue weighted by molar-refractivity contribution is 6.31. The third kappa shape index (κ3) is 5.10. The maximum atomic E-state index is 13.0. The molecule has 10 heteroatoms. The van der Waals surface area contributed by atoms with Crippen LogP contribution >= 0.6 is 11.6 Å². The zero-order valence-electron chi connectivity index (χ0n) is 17.6. The number of amides is 1. The molecule has 0 aliphatic rings. The second-order valence-electron chi connectivity index (χ2n) is 7.41. The van der Waals surface area contributed by atoms with Crippen LogP contribution < -0.4 is 5.32 Å². The number of benzene rings is 1. The molecule has 1 N–H and O–H groups in total. The molecule has 0 atom stereocenters. The molecule has 0 fully saturated rings. The highest BCUT2D eigenvalue weighted by Gasteiger charge is 2.30. The standard InChI is InChI=1S/C21H23ClF3N5O/c1-12-19(22)14(3)29(27-12)9-8-18(31)26-20-13(2)28-30(15(20)4)11-16-6-5-7-17(10-16)21(23,24)25/h5-7,10H,8-9,11H2,1-4H3,(H,26,31). The van der Waals surface area contributed by atoms with Crippen molar-refractivity contribution in [2.45, 2.75) is 53.4 Å². The number of carbonyl (C=O) groups excluding carboxylic acids is 1. The minimum Gasteiger partial charge on any atom is -0.323 e. The van der Waals surface area contributed by atoms with E-state index < -0.39 is 11.7 Å². The van der Waals surface area contributed by atoms with Crippen molar-refractivity contribution in [3.05, 3.63) is 63.2 Å². The van der Waals surface area contributed by atoms with Gasteiger partial charge in [-0.05, 0) is 45.4 Å². The van der Waals surface area contributed by atoms with Crippen molar-refractivity contribution in [3.8, 4) is 0 Å². The predicted octanol–water partition coefficient (Wildman–Crippen LogP) is 5.06. The molecule has 0 saturated carbocycles. The van der Waals surface area contributed by atoms with Crippen molar-refractivity contribution in [2.75, 3.05) is 5.32 Å². The summed E-state index contributed by atoms with van der Waals surface area (Å²) in [5.74, 6) is -0.214. The van der Waals surface area contributed by atoms with Gasteiger partial charge in [0.15, 0.2) is 0 Å². The summed E-state index contributed by atoms with van der Waals surface area (Å²) in [6, 6.07) is 5.13. The smallest absolute Gasteiger partial charge is 0.323 e. The van der Waals surface area contributed by atoms with Gasteiger partial charge in [0.1, 0.15) is 0 Å². The van der Waals surface area contributed by atoms with Crippen LogP contribution in [0.3, 0.4) is 0 Å². The fraction of sp³-hybridized carbons (Fsp3) is 0.381. The SMILES string of the molecule is Cc1nn(CCC(=O)Nc2c(C)nn(Cc3cccc(C(F)(F)F)c3)c2C)c(C)c1Cl. The van der Waals surface area contributed by atoms with E-state index in [1.54, 1.807) is 36.2 Å². The van der Waals surface area contributed by atoms with Crippen molar-refractivity contribution < 1.29 is 18.0 Å². The maximum Gasteiger partial charge on any atom is 0.416 e. The summed E-state index contributed by atoms with van der Waals surface area (Å²) in [4.78, 5) is 12.5. The molecule has 0 aliphatic carbocycles. The molecule has 0 spiro atoms. The van der Waals surface area contributed by atoms with E-state index >= 15 is 0 Å². The number of hydrogen-bond acceptors (Lipinski definition) is 3. The van der Waals surface area contributed by atoms with Gasteiger partial charge in [0.2, 0.25) is 5.91 Å². The van der Waals surface area contributed by atoms with Crippen LogP contribution in [0.25, 0.3) is 0 Å². The Morgan fingerprint density at radius 1 is 1.06 bits per heavy atom. The molecular formula is C21H23ClF3N5O. The lowest BCUT2D eigenvalue weighted by Gasteiger charge is -2.10. The quantitative estimate of drug-likeness (QED) is 0.567. The molecule has 3 rings (SSSR count). The van der Waals surface area contributed by atoms with E-state index in [4.69, 9.17) is 11.6 Å². The zero-order valence-corrected chi connectivity index (χ0v) is 18.4. The van der Waals surface area contributed by atoms with Gasteiger partial charge in [0.25, 0.3) is 0 Å². The molecule has 2 heterocycles. The molecule has 0 aliphatic heterocycles. The monoisotopic (exact) mass is 453 g/mol. The third-order valence-corrected chi connectivity index (χ3v) is 5.62.